The Morgan fingerprint density at radius 2 is 2.00 bits per heavy atom. The van der Waals surface area contributed by atoms with Crippen molar-refractivity contribution in [3.8, 4) is 5.75 Å². The van der Waals surface area contributed by atoms with E-state index in [0.717, 1.165) is 0 Å². The monoisotopic (exact) mass is 278 g/mol. The van der Waals surface area contributed by atoms with E-state index in [2.05, 4.69) is 4.99 Å². The number of nitrogens with two attached hydrogens (primary N) is 3. The van der Waals surface area contributed by atoms with E-state index in [9.17, 15) is 4.79 Å². The molecule has 6 N–H and O–H groups in total. The van der Waals surface area contributed by atoms with Crippen LogP contribution in [0, 0.1) is 0 Å². The highest BCUT2D eigenvalue weighted by Gasteiger charge is 2.14. The minimum atomic E-state index is -0.640. The van der Waals surface area contributed by atoms with Crippen molar-refractivity contribution >= 4 is 41.6 Å². The van der Waals surface area contributed by atoms with Gasteiger partial charge in [-0.25, -0.2) is 0 Å². The fourth-order valence-corrected chi connectivity index (χ4v) is 1.25. The van der Waals surface area contributed by atoms with Crippen molar-refractivity contribution in [1.29, 1.82) is 0 Å². The minimum Gasteiger partial charge on any atom is -0.496 e. The number of methoxy groups -OCH3 is 1. The number of carbonyl (C=O) groups excluding carboxylic acids is 1. The van der Waals surface area contributed by atoms with Gasteiger partial charge in [-0.15, -0.1) is 12.4 Å². The van der Waals surface area contributed by atoms with Crippen LogP contribution in [0.5, 0.6) is 5.75 Å². The lowest BCUT2D eigenvalue weighted by atomic mass is 10.1. The van der Waals surface area contributed by atoms with Crippen LogP contribution >= 0.6 is 24.0 Å². The quantitative estimate of drug-likeness (QED) is 0.420. The Morgan fingerprint density at radius 1 is 1.41 bits per heavy atom. The highest BCUT2D eigenvalue weighted by molar-refractivity contribution is 6.33. The summed E-state index contributed by atoms with van der Waals surface area (Å²) in [6.07, 6.45) is 0. The zero-order chi connectivity index (χ0) is 12.3. The van der Waals surface area contributed by atoms with Gasteiger partial charge in [-0.2, -0.15) is 4.99 Å². The third kappa shape index (κ3) is 3.69. The van der Waals surface area contributed by atoms with Gasteiger partial charge in [0.1, 0.15) is 5.75 Å². The third-order valence-electron chi connectivity index (χ3n) is 1.78. The van der Waals surface area contributed by atoms with Crippen LogP contribution in [0.3, 0.4) is 0 Å². The van der Waals surface area contributed by atoms with Gasteiger partial charge in [-0.1, -0.05) is 11.6 Å². The molecule has 1 rings (SSSR count). The van der Waals surface area contributed by atoms with Gasteiger partial charge in [-0.05, 0) is 6.07 Å². The summed E-state index contributed by atoms with van der Waals surface area (Å²) in [4.78, 5) is 15.0. The lowest BCUT2D eigenvalue weighted by Gasteiger charge is -2.07. The first-order valence-electron chi connectivity index (χ1n) is 4.22. The number of carbonyl (C=O) groups is 1. The van der Waals surface area contributed by atoms with Gasteiger partial charge >= 0.3 is 0 Å². The first-order valence-corrected chi connectivity index (χ1v) is 4.60. The predicted molar refractivity (Wildman–Crippen MR) is 69.8 cm³/mol. The van der Waals surface area contributed by atoms with Crippen LogP contribution < -0.4 is 21.9 Å². The van der Waals surface area contributed by atoms with Crippen LogP contribution in [0.2, 0.25) is 5.02 Å². The van der Waals surface area contributed by atoms with Crippen molar-refractivity contribution in [2.45, 2.75) is 0 Å². The van der Waals surface area contributed by atoms with E-state index in [1.807, 2.05) is 0 Å². The number of ether oxygens (including phenoxy) is 1. The molecule has 0 atom stereocenters. The molecule has 1 amide bonds. The normalized spacial score (nSPS) is 9.06. The number of aliphatic imine (C=N–C) groups is 1. The number of anilines is 1. The summed E-state index contributed by atoms with van der Waals surface area (Å²) in [5, 5.41) is 0.231. The van der Waals surface area contributed by atoms with Crippen molar-refractivity contribution in [1.82, 2.24) is 0 Å². The van der Waals surface area contributed by atoms with Gasteiger partial charge < -0.3 is 21.9 Å². The van der Waals surface area contributed by atoms with Gasteiger partial charge in [0.15, 0.2) is 5.96 Å². The van der Waals surface area contributed by atoms with E-state index in [1.165, 1.54) is 19.2 Å². The summed E-state index contributed by atoms with van der Waals surface area (Å²) in [7, 11) is 1.40. The van der Waals surface area contributed by atoms with Crippen LogP contribution in [0.4, 0.5) is 5.69 Å². The van der Waals surface area contributed by atoms with E-state index < -0.39 is 5.91 Å². The largest absolute Gasteiger partial charge is 0.496 e. The fourth-order valence-electron chi connectivity index (χ4n) is 1.08. The highest BCUT2D eigenvalue weighted by Crippen LogP contribution is 2.29. The minimum absolute atomic E-state index is 0. The summed E-state index contributed by atoms with van der Waals surface area (Å²) in [6, 6.07) is 2.78. The van der Waals surface area contributed by atoms with Crippen molar-refractivity contribution in [2.75, 3.05) is 12.8 Å². The molecule has 94 valence electrons. The molecule has 0 bridgehead atoms. The molecule has 0 fully saturated rings. The van der Waals surface area contributed by atoms with Gasteiger partial charge in [0.05, 0.1) is 23.4 Å². The Balaban J connectivity index is 0.00000256. The van der Waals surface area contributed by atoms with Gasteiger partial charge in [-0.3, -0.25) is 4.79 Å². The second-order valence-electron chi connectivity index (χ2n) is 2.92. The molecule has 8 heteroatoms. The van der Waals surface area contributed by atoms with E-state index in [-0.39, 0.29) is 34.7 Å². The second-order valence-corrected chi connectivity index (χ2v) is 3.32. The number of hydrogen-bond donors (Lipinski definition) is 3. The standard InChI is InChI=1S/C9H11ClN4O2.ClH/c1-16-7-3-6(11)5(10)2-4(7)8(15)14-9(12)13;/h2-3H,11H2,1H3,(H4,12,13,14,15);1H. The maximum Gasteiger partial charge on any atom is 0.283 e. The van der Waals surface area contributed by atoms with Crippen LogP contribution in [-0.4, -0.2) is 19.0 Å². The molecule has 0 spiro atoms. The molecule has 6 nitrogen and oxygen atoms in total. The molecule has 0 aromatic heterocycles. The second kappa shape index (κ2) is 6.17. The summed E-state index contributed by atoms with van der Waals surface area (Å²) in [5.74, 6) is -0.712. The van der Waals surface area contributed by atoms with Crippen LogP contribution in [-0.2, 0) is 0 Å². The summed E-state index contributed by atoms with van der Waals surface area (Å²) < 4.78 is 4.97. The lowest BCUT2D eigenvalue weighted by molar-refractivity contribution is 0.1000. The van der Waals surface area contributed by atoms with Crippen molar-refractivity contribution in [3.63, 3.8) is 0 Å². The summed E-state index contributed by atoms with van der Waals surface area (Å²) >= 11 is 5.78. The van der Waals surface area contributed by atoms with Gasteiger partial charge in [0.25, 0.3) is 5.91 Å². The molecule has 0 saturated heterocycles. The molecule has 1 aromatic carbocycles. The number of nitrogen functional groups attached to an aromatic ring is 1. The Morgan fingerprint density at radius 3 is 2.47 bits per heavy atom. The van der Waals surface area contributed by atoms with E-state index in [4.69, 9.17) is 33.5 Å². The van der Waals surface area contributed by atoms with Crippen LogP contribution in [0.25, 0.3) is 0 Å². The van der Waals surface area contributed by atoms with Gasteiger partial charge in [0, 0.05) is 6.07 Å². The van der Waals surface area contributed by atoms with Crippen molar-refractivity contribution < 1.29 is 9.53 Å². The first-order chi connectivity index (χ1) is 7.45. The Kier molecular flexibility index (Phi) is 5.57. The van der Waals surface area contributed by atoms with Crippen LogP contribution in [0.15, 0.2) is 17.1 Å². The predicted octanol–water partition coefficient (Wildman–Crippen LogP) is 0.766. The molecular formula is C9H12Cl2N4O2. The summed E-state index contributed by atoms with van der Waals surface area (Å²) in [5.41, 5.74) is 16.2. The first kappa shape index (κ1) is 15.3. The van der Waals surface area contributed by atoms with E-state index in [1.54, 1.807) is 0 Å². The number of amides is 1. The van der Waals surface area contributed by atoms with Crippen molar-refractivity contribution in [2.24, 2.45) is 16.5 Å². The Bertz CT molecular complexity index is 459. The molecule has 0 aliphatic carbocycles. The summed E-state index contributed by atoms with van der Waals surface area (Å²) in [6.45, 7) is 0. The van der Waals surface area contributed by atoms with Gasteiger partial charge in [0.2, 0.25) is 0 Å². The zero-order valence-electron chi connectivity index (χ0n) is 8.94. The SMILES string of the molecule is COc1cc(N)c(Cl)cc1C(=O)N=C(N)N.Cl. The number of nitrogens with zero attached hydrogens (tertiary/aromatic N) is 1. The van der Waals surface area contributed by atoms with Crippen molar-refractivity contribution in [3.05, 3.63) is 22.7 Å². The topological polar surface area (TPSA) is 117 Å². The Hall–Kier alpha value is -1.66. The molecular weight excluding hydrogens is 267 g/mol. The third-order valence-corrected chi connectivity index (χ3v) is 2.11. The maximum absolute atomic E-state index is 11.6. The molecule has 0 aliphatic heterocycles. The molecule has 0 radical (unpaired) electrons. The number of hydrogen-bond acceptors (Lipinski definition) is 3. The van der Waals surface area contributed by atoms with E-state index >= 15 is 0 Å². The number of rotatable bonds is 2. The Labute approximate surface area is 109 Å². The number of guanidine groups is 1. The highest BCUT2D eigenvalue weighted by atomic mass is 35.5. The average molecular weight is 279 g/mol. The fraction of sp³-hybridized carbons (Fsp3) is 0.111. The number of benzene rings is 1. The average Bonchev–Trinajstić information content (AvgIpc) is 2.20. The molecule has 0 heterocycles. The molecule has 0 saturated carbocycles. The lowest BCUT2D eigenvalue weighted by Crippen LogP contribution is -2.24. The maximum atomic E-state index is 11.6. The van der Waals surface area contributed by atoms with Crippen LogP contribution in [0.1, 0.15) is 10.4 Å². The molecule has 0 unspecified atom stereocenters. The zero-order valence-corrected chi connectivity index (χ0v) is 10.5. The molecule has 17 heavy (non-hydrogen) atoms. The smallest absolute Gasteiger partial charge is 0.283 e. The number of halogens is 2. The molecule has 0 aliphatic rings. The van der Waals surface area contributed by atoms with E-state index in [0.29, 0.717) is 5.69 Å². The molecule has 1 aromatic rings.